The summed E-state index contributed by atoms with van der Waals surface area (Å²) in [5.74, 6) is 1.55. The lowest BCUT2D eigenvalue weighted by atomic mass is 10.0. The number of piperazine rings is 1. The molecule has 3 aromatic rings. The van der Waals surface area contributed by atoms with E-state index < -0.39 is 0 Å². The Labute approximate surface area is 269 Å². The van der Waals surface area contributed by atoms with Crippen LogP contribution in [0.4, 0.5) is 28.7 Å². The predicted molar refractivity (Wildman–Crippen MR) is 179 cm³/mol. The van der Waals surface area contributed by atoms with Crippen LogP contribution in [0, 0.1) is 0 Å². The van der Waals surface area contributed by atoms with Crippen molar-refractivity contribution in [2.24, 2.45) is 0 Å². The first kappa shape index (κ1) is 31.1. The van der Waals surface area contributed by atoms with E-state index in [4.69, 9.17) is 21.2 Å². The van der Waals surface area contributed by atoms with Crippen molar-refractivity contribution >= 4 is 46.2 Å². The lowest BCUT2D eigenvalue weighted by molar-refractivity contribution is -0.111. The molecule has 12 heteroatoms. The van der Waals surface area contributed by atoms with Gasteiger partial charge in [-0.25, -0.2) is 15.0 Å². The molecule has 4 heterocycles. The second-order valence-electron chi connectivity index (χ2n) is 11.7. The molecule has 1 amide bonds. The molecule has 3 saturated heterocycles. The molecule has 11 nitrogen and oxygen atoms in total. The molecule has 1 atom stereocenters. The third-order valence-electron chi connectivity index (χ3n) is 8.92. The minimum absolute atomic E-state index is 0.0000489. The molecule has 1 unspecified atom stereocenters. The standard InChI is InChI=1S/C33H41ClN8O3/c1-4-33(43)38-26-19-27(30(44-3)20-29(26)41-12-9-25(10-13-41)40-16-14-39(2)15-17-40)37-31-21-32(36-22-35-31)42-28(11-18-45-42)23-5-7-24(34)8-6-23/h4-8,19-22,25,28H,1,9-18H2,2-3H3,(H,38,43)(H,35,36,37). The summed E-state index contributed by atoms with van der Waals surface area (Å²) in [5.41, 5.74) is 3.36. The minimum Gasteiger partial charge on any atom is -0.494 e. The normalized spacial score (nSPS) is 19.8. The average molecular weight is 633 g/mol. The van der Waals surface area contributed by atoms with Crippen LogP contribution in [0.5, 0.6) is 5.75 Å². The molecule has 3 fully saturated rings. The van der Waals surface area contributed by atoms with Crippen molar-refractivity contribution < 1.29 is 14.4 Å². The topological polar surface area (TPSA) is 98.3 Å². The number of piperidine rings is 1. The van der Waals surface area contributed by atoms with Crippen molar-refractivity contribution in [3.8, 4) is 5.75 Å². The molecule has 2 N–H and O–H groups in total. The Morgan fingerprint density at radius 3 is 2.49 bits per heavy atom. The highest BCUT2D eigenvalue weighted by molar-refractivity contribution is 6.30. The van der Waals surface area contributed by atoms with Crippen LogP contribution in [0.15, 0.2) is 61.4 Å². The third-order valence-corrected chi connectivity index (χ3v) is 9.17. The maximum Gasteiger partial charge on any atom is 0.247 e. The van der Waals surface area contributed by atoms with Gasteiger partial charge < -0.3 is 25.2 Å². The van der Waals surface area contributed by atoms with Gasteiger partial charge in [0.1, 0.15) is 17.9 Å². The lowest BCUT2D eigenvalue weighted by Gasteiger charge is -2.43. The van der Waals surface area contributed by atoms with E-state index in [1.54, 1.807) is 7.11 Å². The van der Waals surface area contributed by atoms with Crippen molar-refractivity contribution in [3.63, 3.8) is 0 Å². The highest BCUT2D eigenvalue weighted by Gasteiger charge is 2.30. The van der Waals surface area contributed by atoms with Gasteiger partial charge in [0.25, 0.3) is 0 Å². The number of likely N-dealkylation sites (N-methyl/N-ethyl adjacent to an activating group) is 1. The molecule has 0 radical (unpaired) electrons. The van der Waals surface area contributed by atoms with E-state index in [0.717, 1.165) is 69.8 Å². The molecule has 3 aliphatic rings. The monoisotopic (exact) mass is 632 g/mol. The third kappa shape index (κ3) is 7.17. The van der Waals surface area contributed by atoms with E-state index in [1.807, 2.05) is 47.5 Å². The zero-order chi connectivity index (χ0) is 31.3. The van der Waals surface area contributed by atoms with Crippen LogP contribution in [-0.4, -0.2) is 91.7 Å². The smallest absolute Gasteiger partial charge is 0.247 e. The maximum absolute atomic E-state index is 12.5. The number of rotatable bonds is 9. The highest BCUT2D eigenvalue weighted by Crippen LogP contribution is 2.40. The van der Waals surface area contributed by atoms with Crippen LogP contribution in [0.25, 0.3) is 0 Å². The summed E-state index contributed by atoms with van der Waals surface area (Å²) in [7, 11) is 3.83. The van der Waals surface area contributed by atoms with Crippen LogP contribution in [0.2, 0.25) is 5.02 Å². The van der Waals surface area contributed by atoms with Gasteiger partial charge in [-0.2, -0.15) is 0 Å². The van der Waals surface area contributed by atoms with E-state index in [1.165, 1.54) is 12.4 Å². The number of halogens is 1. The molecular formula is C33H41ClN8O3. The second-order valence-corrected chi connectivity index (χ2v) is 12.2. The molecule has 2 aromatic carbocycles. The van der Waals surface area contributed by atoms with Gasteiger partial charge in [-0.15, -0.1) is 0 Å². The Morgan fingerprint density at radius 1 is 1.02 bits per heavy atom. The predicted octanol–water partition coefficient (Wildman–Crippen LogP) is 5.11. The van der Waals surface area contributed by atoms with E-state index in [2.05, 4.69) is 48.9 Å². The van der Waals surface area contributed by atoms with Crippen molar-refractivity contribution in [1.82, 2.24) is 19.8 Å². The summed E-state index contributed by atoms with van der Waals surface area (Å²) >= 11 is 6.12. The fourth-order valence-electron chi connectivity index (χ4n) is 6.40. The zero-order valence-electron chi connectivity index (χ0n) is 25.9. The number of benzene rings is 2. The van der Waals surface area contributed by atoms with Gasteiger partial charge >= 0.3 is 0 Å². The molecule has 0 bridgehead atoms. The van der Waals surface area contributed by atoms with Gasteiger partial charge in [0.15, 0.2) is 5.82 Å². The van der Waals surface area contributed by atoms with E-state index in [9.17, 15) is 4.79 Å². The minimum atomic E-state index is -0.275. The summed E-state index contributed by atoms with van der Waals surface area (Å²) in [5, 5.41) is 8.91. The number of ether oxygens (including phenoxy) is 1. The van der Waals surface area contributed by atoms with Crippen molar-refractivity contribution in [2.75, 3.05) is 80.6 Å². The summed E-state index contributed by atoms with van der Waals surface area (Å²) in [4.78, 5) is 34.8. The first-order valence-electron chi connectivity index (χ1n) is 15.5. The van der Waals surface area contributed by atoms with Crippen LogP contribution >= 0.6 is 11.6 Å². The molecule has 3 aliphatic heterocycles. The molecule has 0 saturated carbocycles. The fraction of sp³-hybridized carbons (Fsp3) is 0.424. The number of nitrogens with one attached hydrogen (secondary N) is 2. The average Bonchev–Trinajstić information content (AvgIpc) is 3.56. The molecular weight excluding hydrogens is 592 g/mol. The second kappa shape index (κ2) is 14.0. The molecule has 0 aliphatic carbocycles. The van der Waals surface area contributed by atoms with Gasteiger partial charge in [-0.05, 0) is 49.7 Å². The fourth-order valence-corrected chi connectivity index (χ4v) is 6.52. The number of amides is 1. The van der Waals surface area contributed by atoms with Crippen molar-refractivity contribution in [1.29, 1.82) is 0 Å². The van der Waals surface area contributed by atoms with Crippen LogP contribution < -0.4 is 25.3 Å². The number of methoxy groups -OCH3 is 1. The van der Waals surface area contributed by atoms with Crippen LogP contribution in [-0.2, 0) is 9.63 Å². The number of carbonyl (C=O) groups is 1. The molecule has 6 rings (SSSR count). The number of carbonyl (C=O) groups excluding carboxylic acids is 1. The Hall–Kier alpha value is -3.90. The molecule has 0 spiro atoms. The van der Waals surface area contributed by atoms with Gasteiger partial charge in [-0.3, -0.25) is 14.5 Å². The van der Waals surface area contributed by atoms with Crippen LogP contribution in [0.1, 0.15) is 30.9 Å². The van der Waals surface area contributed by atoms with Gasteiger partial charge in [0.05, 0.1) is 36.8 Å². The maximum atomic E-state index is 12.5. The molecule has 238 valence electrons. The number of hydrogen-bond acceptors (Lipinski definition) is 10. The Bertz CT molecular complexity index is 1490. The first-order chi connectivity index (χ1) is 21.9. The van der Waals surface area contributed by atoms with E-state index in [-0.39, 0.29) is 11.9 Å². The summed E-state index contributed by atoms with van der Waals surface area (Å²) in [6.07, 6.45) is 5.75. The number of anilines is 5. The van der Waals surface area contributed by atoms with Crippen molar-refractivity contribution in [3.05, 3.63) is 72.0 Å². The van der Waals surface area contributed by atoms with E-state index >= 15 is 0 Å². The largest absolute Gasteiger partial charge is 0.494 e. The Morgan fingerprint density at radius 2 is 1.78 bits per heavy atom. The summed E-state index contributed by atoms with van der Waals surface area (Å²) in [6, 6.07) is 14.1. The number of aromatic nitrogens is 2. The van der Waals surface area contributed by atoms with Crippen molar-refractivity contribution in [2.45, 2.75) is 31.3 Å². The zero-order valence-corrected chi connectivity index (χ0v) is 26.7. The Kier molecular flexibility index (Phi) is 9.70. The molecule has 1 aromatic heterocycles. The molecule has 45 heavy (non-hydrogen) atoms. The van der Waals surface area contributed by atoms with Gasteiger partial charge in [0, 0.05) is 68.9 Å². The summed E-state index contributed by atoms with van der Waals surface area (Å²) < 4.78 is 5.85. The quantitative estimate of drug-likeness (QED) is 0.310. The van der Waals surface area contributed by atoms with Gasteiger partial charge in [-0.1, -0.05) is 30.3 Å². The number of nitrogens with zero attached hydrogens (tertiary/aromatic N) is 6. The first-order valence-corrected chi connectivity index (χ1v) is 15.9. The number of hydroxylamine groups is 1. The Balaban J connectivity index is 1.22. The van der Waals surface area contributed by atoms with E-state index in [0.29, 0.717) is 46.4 Å². The van der Waals surface area contributed by atoms with Crippen LogP contribution in [0.3, 0.4) is 0 Å². The van der Waals surface area contributed by atoms with Gasteiger partial charge in [0.2, 0.25) is 5.91 Å². The summed E-state index contributed by atoms with van der Waals surface area (Å²) in [6.45, 7) is 10.5. The SMILES string of the molecule is C=CC(=O)Nc1cc(Nc2cc(N3OCCC3c3ccc(Cl)cc3)ncn2)c(OC)cc1N1CCC(N2CCN(C)CC2)CC1. The number of hydrogen-bond donors (Lipinski definition) is 2. The lowest BCUT2D eigenvalue weighted by Crippen LogP contribution is -2.52. The highest BCUT2D eigenvalue weighted by atomic mass is 35.5.